The Morgan fingerprint density at radius 2 is 1.75 bits per heavy atom. The highest BCUT2D eigenvalue weighted by Crippen LogP contribution is 2.32. The molecule has 2 atom stereocenters. The third kappa shape index (κ3) is 6.15. The number of methoxy groups -OCH3 is 1. The topological polar surface area (TPSA) is 111 Å². The van der Waals surface area contributed by atoms with Crippen molar-refractivity contribution >= 4 is 23.8 Å². The maximum Gasteiger partial charge on any atom is 0.309 e. The highest BCUT2D eigenvalue weighted by molar-refractivity contribution is 5.88. The number of esters is 2. The SMILES string of the molecule is COC(=O)C1CCCCC1C(=O)N(C)CC(=O)NOCOC(C)=O. The van der Waals surface area contributed by atoms with Gasteiger partial charge in [0, 0.05) is 14.0 Å². The summed E-state index contributed by atoms with van der Waals surface area (Å²) in [6, 6.07) is 0. The minimum Gasteiger partial charge on any atom is -0.469 e. The van der Waals surface area contributed by atoms with Gasteiger partial charge in [-0.15, -0.1) is 0 Å². The van der Waals surface area contributed by atoms with Crippen molar-refractivity contribution in [3.8, 4) is 0 Å². The van der Waals surface area contributed by atoms with E-state index in [2.05, 4.69) is 15.1 Å². The van der Waals surface area contributed by atoms with Crippen LogP contribution in [0.2, 0.25) is 0 Å². The molecule has 0 aromatic heterocycles. The Kier molecular flexibility index (Phi) is 8.17. The first-order chi connectivity index (χ1) is 11.4. The van der Waals surface area contributed by atoms with Gasteiger partial charge in [-0.2, -0.15) is 0 Å². The molecule has 0 spiro atoms. The van der Waals surface area contributed by atoms with Crippen LogP contribution in [-0.2, 0) is 33.5 Å². The molecule has 9 nitrogen and oxygen atoms in total. The van der Waals surface area contributed by atoms with Crippen LogP contribution in [0.25, 0.3) is 0 Å². The number of likely N-dealkylation sites (N-methyl/N-ethyl adjacent to an activating group) is 1. The molecule has 9 heteroatoms. The fourth-order valence-corrected chi connectivity index (χ4v) is 2.69. The summed E-state index contributed by atoms with van der Waals surface area (Å²) in [7, 11) is 2.78. The Balaban J connectivity index is 2.48. The van der Waals surface area contributed by atoms with Crippen molar-refractivity contribution in [3.05, 3.63) is 0 Å². The smallest absolute Gasteiger partial charge is 0.309 e. The quantitative estimate of drug-likeness (QED) is 0.299. The lowest BCUT2D eigenvalue weighted by atomic mass is 9.78. The number of nitrogens with zero attached hydrogens (tertiary/aromatic N) is 1. The number of hydroxylamine groups is 1. The van der Waals surface area contributed by atoms with Gasteiger partial charge >= 0.3 is 11.9 Å². The first kappa shape index (κ1) is 19.9. The van der Waals surface area contributed by atoms with E-state index in [9.17, 15) is 19.2 Å². The lowest BCUT2D eigenvalue weighted by Crippen LogP contribution is -2.45. The fraction of sp³-hybridized carbons (Fsp3) is 0.733. The molecule has 136 valence electrons. The van der Waals surface area contributed by atoms with Crippen molar-refractivity contribution in [2.24, 2.45) is 11.8 Å². The van der Waals surface area contributed by atoms with Crippen LogP contribution in [0.4, 0.5) is 0 Å². The second kappa shape index (κ2) is 9.86. The molecule has 2 amide bonds. The van der Waals surface area contributed by atoms with Gasteiger partial charge in [0.1, 0.15) is 6.54 Å². The van der Waals surface area contributed by atoms with Crippen LogP contribution in [0, 0.1) is 11.8 Å². The molecule has 0 aromatic carbocycles. The normalized spacial score (nSPS) is 20.0. The van der Waals surface area contributed by atoms with Crippen LogP contribution in [0.3, 0.4) is 0 Å². The molecule has 1 rings (SSSR count). The molecule has 1 saturated carbocycles. The predicted molar refractivity (Wildman–Crippen MR) is 81.0 cm³/mol. The summed E-state index contributed by atoms with van der Waals surface area (Å²) in [6.45, 7) is 0.564. The number of carbonyl (C=O) groups is 4. The zero-order chi connectivity index (χ0) is 18.1. The van der Waals surface area contributed by atoms with Gasteiger partial charge in [-0.25, -0.2) is 10.3 Å². The number of ether oxygens (including phenoxy) is 2. The van der Waals surface area contributed by atoms with E-state index in [1.165, 1.54) is 26.0 Å². The predicted octanol–water partition coefficient (Wildman–Crippen LogP) is -0.00740. The average Bonchev–Trinajstić information content (AvgIpc) is 2.57. The lowest BCUT2D eigenvalue weighted by Gasteiger charge is -2.31. The lowest BCUT2D eigenvalue weighted by molar-refractivity contribution is -0.167. The van der Waals surface area contributed by atoms with Crippen LogP contribution >= 0.6 is 0 Å². The van der Waals surface area contributed by atoms with Crippen molar-refractivity contribution in [2.45, 2.75) is 32.6 Å². The van der Waals surface area contributed by atoms with Crippen LogP contribution in [0.1, 0.15) is 32.6 Å². The van der Waals surface area contributed by atoms with Gasteiger partial charge in [-0.1, -0.05) is 12.8 Å². The van der Waals surface area contributed by atoms with Crippen LogP contribution < -0.4 is 5.48 Å². The Morgan fingerprint density at radius 1 is 1.12 bits per heavy atom. The molecule has 1 aliphatic rings. The van der Waals surface area contributed by atoms with Crippen molar-refractivity contribution in [2.75, 3.05) is 27.5 Å². The summed E-state index contributed by atoms with van der Waals surface area (Å²) in [4.78, 5) is 52.5. The molecule has 0 saturated heterocycles. The van der Waals surface area contributed by atoms with Gasteiger partial charge in [0.05, 0.1) is 18.9 Å². The summed E-state index contributed by atoms with van der Waals surface area (Å²) in [5.74, 6) is -2.73. The Labute approximate surface area is 140 Å². The molecule has 24 heavy (non-hydrogen) atoms. The first-order valence-corrected chi connectivity index (χ1v) is 7.73. The highest BCUT2D eigenvalue weighted by Gasteiger charge is 2.38. The molecule has 1 fully saturated rings. The highest BCUT2D eigenvalue weighted by atomic mass is 16.8. The molecule has 0 aliphatic heterocycles. The molecular weight excluding hydrogens is 320 g/mol. The minimum absolute atomic E-state index is 0.233. The van der Waals surface area contributed by atoms with Crippen LogP contribution in [0.5, 0.6) is 0 Å². The summed E-state index contributed by atoms with van der Waals surface area (Å²) >= 11 is 0. The molecule has 2 unspecified atom stereocenters. The van der Waals surface area contributed by atoms with E-state index in [1.807, 2.05) is 0 Å². The van der Waals surface area contributed by atoms with Gasteiger partial charge in [0.15, 0.2) is 0 Å². The van der Waals surface area contributed by atoms with E-state index in [-0.39, 0.29) is 12.5 Å². The second-order valence-corrected chi connectivity index (χ2v) is 5.64. The van der Waals surface area contributed by atoms with E-state index in [4.69, 9.17) is 4.74 Å². The number of rotatable bonds is 7. The molecule has 0 radical (unpaired) electrons. The molecule has 0 heterocycles. The molecular formula is C15H24N2O7. The molecule has 0 bridgehead atoms. The summed E-state index contributed by atoms with van der Waals surface area (Å²) in [5.41, 5.74) is 2.07. The van der Waals surface area contributed by atoms with Gasteiger partial charge in [-0.05, 0) is 12.8 Å². The molecule has 0 aromatic rings. The van der Waals surface area contributed by atoms with Crippen molar-refractivity contribution in [1.29, 1.82) is 0 Å². The van der Waals surface area contributed by atoms with Crippen molar-refractivity contribution in [1.82, 2.24) is 10.4 Å². The summed E-state index contributed by atoms with van der Waals surface area (Å²) in [6.07, 6.45) is 2.93. The monoisotopic (exact) mass is 344 g/mol. The van der Waals surface area contributed by atoms with Crippen molar-refractivity contribution in [3.63, 3.8) is 0 Å². The van der Waals surface area contributed by atoms with Gasteiger partial charge in [-0.3, -0.25) is 19.2 Å². The van der Waals surface area contributed by atoms with E-state index in [0.29, 0.717) is 12.8 Å². The largest absolute Gasteiger partial charge is 0.469 e. The standard InChI is InChI=1S/C15H24N2O7/c1-10(18)23-9-24-16-13(19)8-17(2)14(20)11-6-4-5-7-12(11)15(21)22-3/h11-12H,4-9H2,1-3H3,(H,16,19). The third-order valence-electron chi connectivity index (χ3n) is 3.85. The number of nitrogens with one attached hydrogen (secondary N) is 1. The molecule has 1 N–H and O–H groups in total. The van der Waals surface area contributed by atoms with E-state index in [1.54, 1.807) is 0 Å². The Bertz CT molecular complexity index is 480. The maximum atomic E-state index is 12.5. The van der Waals surface area contributed by atoms with E-state index < -0.39 is 36.5 Å². The maximum absolute atomic E-state index is 12.5. The van der Waals surface area contributed by atoms with Crippen LogP contribution in [0.15, 0.2) is 0 Å². The summed E-state index contributed by atoms with van der Waals surface area (Å²) < 4.78 is 9.25. The zero-order valence-electron chi connectivity index (χ0n) is 14.2. The number of carbonyl (C=O) groups excluding carboxylic acids is 4. The third-order valence-corrected chi connectivity index (χ3v) is 3.85. The fourth-order valence-electron chi connectivity index (χ4n) is 2.69. The van der Waals surface area contributed by atoms with Gasteiger partial charge < -0.3 is 14.4 Å². The summed E-state index contributed by atoms with van der Waals surface area (Å²) in [5, 5.41) is 0. The average molecular weight is 344 g/mol. The van der Waals surface area contributed by atoms with Gasteiger partial charge in [0.2, 0.25) is 12.7 Å². The van der Waals surface area contributed by atoms with E-state index >= 15 is 0 Å². The number of hydrogen-bond donors (Lipinski definition) is 1. The zero-order valence-corrected chi connectivity index (χ0v) is 14.2. The second-order valence-electron chi connectivity index (χ2n) is 5.64. The van der Waals surface area contributed by atoms with Gasteiger partial charge in [0.25, 0.3) is 5.91 Å². The number of hydrogen-bond acceptors (Lipinski definition) is 7. The first-order valence-electron chi connectivity index (χ1n) is 7.73. The molecule has 1 aliphatic carbocycles. The Morgan fingerprint density at radius 3 is 2.33 bits per heavy atom. The minimum atomic E-state index is -0.566. The van der Waals surface area contributed by atoms with Crippen molar-refractivity contribution < 1.29 is 33.5 Å². The Hall–Kier alpha value is -2.16. The van der Waals surface area contributed by atoms with E-state index in [0.717, 1.165) is 12.8 Å². The number of amides is 2. The van der Waals surface area contributed by atoms with Crippen LogP contribution in [-0.4, -0.2) is 56.1 Å².